The number of carboxylic acids is 2. The Balaban J connectivity index is 0.000000412. The molecule has 1 aliphatic rings. The maximum absolute atomic E-state index is 11.8. The van der Waals surface area contributed by atoms with Gasteiger partial charge in [-0.25, -0.2) is 4.79 Å². The van der Waals surface area contributed by atoms with E-state index in [1.165, 1.54) is 10.9 Å². The molecule has 2 rings (SSSR count). The molecule has 13 heteroatoms. The molecule has 2 heterocycles. The van der Waals surface area contributed by atoms with Crippen LogP contribution < -0.4 is 10.00 Å². The Kier molecular flexibility index (Phi) is 7.61. The molecule has 0 spiro atoms. The van der Waals surface area contributed by atoms with E-state index in [1.807, 2.05) is 0 Å². The molecule has 0 aliphatic carbocycles. The van der Waals surface area contributed by atoms with Gasteiger partial charge in [0.25, 0.3) is 5.91 Å². The topological polar surface area (TPSA) is 138 Å². The van der Waals surface area contributed by atoms with Gasteiger partial charge in [0.05, 0.1) is 11.6 Å². The first-order valence-corrected chi connectivity index (χ1v) is 8.51. The molecule has 1 amide bonds. The number of nitrogens with zero attached hydrogens (tertiary/aromatic N) is 2. The van der Waals surface area contributed by atoms with Crippen molar-refractivity contribution in [1.29, 1.82) is 0 Å². The highest BCUT2D eigenvalue weighted by Gasteiger charge is 2.38. The quantitative estimate of drug-likeness (QED) is 0.560. The summed E-state index contributed by atoms with van der Waals surface area (Å²) < 4.78 is 44.1. The number of halogens is 3. The molecular formula is C13H15F3N3O6S+. The van der Waals surface area contributed by atoms with Gasteiger partial charge in [0.15, 0.2) is 12.7 Å². The largest absolute Gasteiger partial charge is 0.490 e. The van der Waals surface area contributed by atoms with Crippen LogP contribution in [0.15, 0.2) is 18.5 Å². The Labute approximate surface area is 147 Å². The van der Waals surface area contributed by atoms with Gasteiger partial charge < -0.3 is 15.5 Å². The summed E-state index contributed by atoms with van der Waals surface area (Å²) in [6, 6.07) is 1.56. The lowest BCUT2D eigenvalue weighted by atomic mass is 10.2. The number of carboxylic acid groups (broad SMARTS) is 2. The van der Waals surface area contributed by atoms with Crippen molar-refractivity contribution >= 4 is 28.6 Å². The molecule has 0 bridgehead atoms. The number of aliphatic carboxylic acids is 2. The smallest absolute Gasteiger partial charge is 0.481 e. The summed E-state index contributed by atoms with van der Waals surface area (Å²) in [6.07, 6.45) is -2.14. The van der Waals surface area contributed by atoms with Gasteiger partial charge >= 0.3 is 18.1 Å². The third-order valence-electron chi connectivity index (χ3n) is 2.94. The highest BCUT2D eigenvalue weighted by Crippen LogP contribution is 2.13. The number of carbonyl (C=O) groups excluding carboxylic acids is 1. The number of carbonyl (C=O) groups is 3. The third kappa shape index (κ3) is 7.55. The predicted molar refractivity (Wildman–Crippen MR) is 79.5 cm³/mol. The van der Waals surface area contributed by atoms with Crippen LogP contribution in [-0.2, 0) is 26.9 Å². The fraction of sp³-hybridized carbons (Fsp3) is 0.462. The van der Waals surface area contributed by atoms with Crippen LogP contribution in [0.25, 0.3) is 0 Å². The van der Waals surface area contributed by atoms with E-state index in [1.54, 1.807) is 12.3 Å². The van der Waals surface area contributed by atoms with Gasteiger partial charge in [0.2, 0.25) is 0 Å². The second-order valence-corrected chi connectivity index (χ2v) is 6.62. The molecule has 144 valence electrons. The van der Waals surface area contributed by atoms with Crippen LogP contribution in [0.5, 0.6) is 0 Å². The number of hydrogen-bond acceptors (Lipinski definition) is 5. The molecule has 0 radical (unpaired) electrons. The van der Waals surface area contributed by atoms with Gasteiger partial charge in [-0.3, -0.25) is 13.8 Å². The van der Waals surface area contributed by atoms with E-state index in [9.17, 15) is 27.0 Å². The number of amides is 1. The molecule has 9 nitrogen and oxygen atoms in total. The van der Waals surface area contributed by atoms with Gasteiger partial charge in [-0.2, -0.15) is 13.2 Å². The normalized spacial score (nSPS) is 18.7. The minimum atomic E-state index is -5.08. The van der Waals surface area contributed by atoms with Gasteiger partial charge in [-0.1, -0.05) is 4.68 Å². The number of alkyl halides is 3. The fourth-order valence-electron chi connectivity index (χ4n) is 1.61. The van der Waals surface area contributed by atoms with Crippen LogP contribution in [0, 0.1) is 0 Å². The van der Waals surface area contributed by atoms with E-state index >= 15 is 0 Å². The second-order valence-electron chi connectivity index (χ2n) is 5.07. The standard InChI is InChI=1S/C11H13N3O4S.C2HF3O2/c15-10(16)2-4-14-3-1-8(5-12-14)11(17)13-9-6-19(18)7-9;3-2(4,5)1(6)7/h1,3,5,9H,2,4,6-7H2,(H-,13,15,16,17);(H,6,7)/p+1. The van der Waals surface area contributed by atoms with Crippen molar-refractivity contribution in [2.45, 2.75) is 25.2 Å². The maximum atomic E-state index is 11.8. The number of nitrogens with one attached hydrogen (secondary N) is 1. The van der Waals surface area contributed by atoms with Crippen LogP contribution >= 0.6 is 0 Å². The highest BCUT2D eigenvalue weighted by atomic mass is 32.2. The van der Waals surface area contributed by atoms with E-state index in [-0.39, 0.29) is 24.9 Å². The minimum absolute atomic E-state index is 0.0168. The first-order valence-electron chi connectivity index (χ1n) is 7.02. The minimum Gasteiger partial charge on any atom is -0.481 e. The van der Waals surface area contributed by atoms with E-state index in [0.29, 0.717) is 17.1 Å². The molecule has 0 atom stereocenters. The lowest BCUT2D eigenvalue weighted by molar-refractivity contribution is -0.753. The van der Waals surface area contributed by atoms with Gasteiger partial charge in [-0.15, -0.1) is 0 Å². The summed E-state index contributed by atoms with van der Waals surface area (Å²) in [5.74, 6) is -2.89. The van der Waals surface area contributed by atoms with Crippen molar-refractivity contribution in [1.82, 2.24) is 10.4 Å². The lowest BCUT2D eigenvalue weighted by Crippen LogP contribution is -2.50. The first-order chi connectivity index (χ1) is 12.0. The molecule has 1 aromatic heterocycles. The maximum Gasteiger partial charge on any atom is 0.490 e. The summed E-state index contributed by atoms with van der Waals surface area (Å²) >= 11 is 0. The molecule has 0 unspecified atom stereocenters. The molecule has 0 saturated carbocycles. The number of aromatic nitrogens is 2. The Morgan fingerprint density at radius 3 is 2.27 bits per heavy atom. The molecule has 1 aromatic rings. The zero-order valence-electron chi connectivity index (χ0n) is 13.1. The van der Waals surface area contributed by atoms with Crippen molar-refractivity contribution in [3.63, 3.8) is 0 Å². The second kappa shape index (κ2) is 9.22. The van der Waals surface area contributed by atoms with Gasteiger partial charge in [0.1, 0.15) is 12.6 Å². The SMILES string of the molecule is O=C(O)C(F)(F)F.O=C(O)CC[n+]1ccc(C(=O)NC2CS(=O)C2)cn1. The van der Waals surface area contributed by atoms with Gasteiger partial charge in [0, 0.05) is 28.4 Å². The number of hydrogen-bond donors (Lipinski definition) is 3. The fourth-order valence-corrected chi connectivity index (χ4v) is 2.58. The van der Waals surface area contributed by atoms with E-state index in [0.717, 1.165) is 0 Å². The summed E-state index contributed by atoms with van der Waals surface area (Å²) in [7, 11) is -0.796. The summed E-state index contributed by atoms with van der Waals surface area (Å²) in [5.41, 5.74) is 0.407. The Hall–Kier alpha value is -2.57. The average molecular weight is 398 g/mol. The van der Waals surface area contributed by atoms with Crippen LogP contribution in [0.2, 0.25) is 0 Å². The molecule has 1 fully saturated rings. The van der Waals surface area contributed by atoms with Crippen LogP contribution in [0.1, 0.15) is 16.8 Å². The predicted octanol–water partition coefficient (Wildman–Crippen LogP) is -0.662. The molecule has 1 aliphatic heterocycles. The number of aryl methyl sites for hydroxylation is 1. The van der Waals surface area contributed by atoms with Crippen molar-refractivity contribution < 1.29 is 46.7 Å². The molecule has 0 aromatic carbocycles. The van der Waals surface area contributed by atoms with E-state index < -0.39 is 28.9 Å². The van der Waals surface area contributed by atoms with Crippen molar-refractivity contribution in [3.8, 4) is 0 Å². The molecular weight excluding hydrogens is 383 g/mol. The zero-order chi connectivity index (χ0) is 19.9. The molecule has 26 heavy (non-hydrogen) atoms. The molecule has 3 N–H and O–H groups in total. The highest BCUT2D eigenvalue weighted by molar-refractivity contribution is 7.86. The van der Waals surface area contributed by atoms with Crippen molar-refractivity contribution in [3.05, 3.63) is 24.0 Å². The van der Waals surface area contributed by atoms with E-state index in [2.05, 4.69) is 10.4 Å². The van der Waals surface area contributed by atoms with Crippen molar-refractivity contribution in [2.75, 3.05) is 11.5 Å². The Morgan fingerprint density at radius 2 is 1.88 bits per heavy atom. The average Bonchev–Trinajstić information content (AvgIpc) is 2.51. The van der Waals surface area contributed by atoms with E-state index in [4.69, 9.17) is 15.0 Å². The van der Waals surface area contributed by atoms with Crippen LogP contribution in [-0.4, -0.2) is 61.1 Å². The Bertz CT molecular complexity index is 687. The first kappa shape index (κ1) is 21.5. The van der Waals surface area contributed by atoms with Crippen LogP contribution in [0.4, 0.5) is 13.2 Å². The third-order valence-corrected chi connectivity index (χ3v) is 4.49. The van der Waals surface area contributed by atoms with Crippen molar-refractivity contribution in [2.24, 2.45) is 0 Å². The van der Waals surface area contributed by atoms with Gasteiger partial charge in [-0.05, 0) is 5.10 Å². The monoisotopic (exact) mass is 398 g/mol. The Morgan fingerprint density at radius 1 is 1.31 bits per heavy atom. The molecule has 1 saturated heterocycles. The lowest BCUT2D eigenvalue weighted by Gasteiger charge is -2.25. The summed E-state index contributed by atoms with van der Waals surface area (Å²) in [5, 5.41) is 22.4. The number of rotatable bonds is 5. The van der Waals surface area contributed by atoms with Crippen LogP contribution in [0.3, 0.4) is 0 Å². The summed E-state index contributed by atoms with van der Waals surface area (Å²) in [4.78, 5) is 31.1. The zero-order valence-corrected chi connectivity index (χ0v) is 13.9. The summed E-state index contributed by atoms with van der Waals surface area (Å²) in [6.45, 7) is 0.263.